The van der Waals surface area contributed by atoms with Crippen LogP contribution in [0.15, 0.2) is 40.0 Å². The lowest BCUT2D eigenvalue weighted by Crippen LogP contribution is -2.01. The topological polar surface area (TPSA) is 56.7 Å². The summed E-state index contributed by atoms with van der Waals surface area (Å²) < 4.78 is 8.23. The molecule has 0 saturated heterocycles. The molecule has 0 spiro atoms. The molecular weight excluding hydrogens is 356 g/mol. The van der Waals surface area contributed by atoms with Crippen molar-refractivity contribution in [3.05, 3.63) is 47.2 Å². The normalized spacial score (nSPS) is 17.2. The summed E-state index contributed by atoms with van der Waals surface area (Å²) in [6.07, 6.45) is 6.73. The molecule has 2 fully saturated rings. The molecule has 2 aromatic heterocycles. The van der Waals surface area contributed by atoms with Gasteiger partial charge in [-0.15, -0.1) is 10.2 Å². The highest BCUT2D eigenvalue weighted by atomic mass is 35.5. The lowest BCUT2D eigenvalue weighted by Gasteiger charge is -2.07. The molecule has 5 rings (SSSR count). The molecule has 7 heteroatoms. The Hall–Kier alpha value is -1.79. The zero-order valence-corrected chi connectivity index (χ0v) is 15.1. The summed E-state index contributed by atoms with van der Waals surface area (Å²) in [5.74, 6) is 3.88. The van der Waals surface area contributed by atoms with Crippen molar-refractivity contribution in [2.24, 2.45) is 0 Å². The third-order valence-corrected chi connectivity index (χ3v) is 5.70. The number of halogens is 1. The van der Waals surface area contributed by atoms with Crippen LogP contribution in [0, 0.1) is 0 Å². The molecule has 0 aliphatic heterocycles. The lowest BCUT2D eigenvalue weighted by atomic mass is 10.2. The predicted molar refractivity (Wildman–Crippen MR) is 96.8 cm³/mol. The van der Waals surface area contributed by atoms with Gasteiger partial charge in [-0.1, -0.05) is 35.5 Å². The second-order valence-corrected chi connectivity index (χ2v) is 8.01. The first-order valence-electron chi connectivity index (χ1n) is 8.56. The van der Waals surface area contributed by atoms with E-state index in [1.807, 2.05) is 24.3 Å². The smallest absolute Gasteiger partial charge is 0.205 e. The van der Waals surface area contributed by atoms with Crippen LogP contribution >= 0.6 is 23.4 Å². The summed E-state index contributed by atoms with van der Waals surface area (Å²) >= 11 is 7.70. The van der Waals surface area contributed by atoms with E-state index in [1.165, 1.54) is 31.5 Å². The van der Waals surface area contributed by atoms with E-state index >= 15 is 0 Å². The summed E-state index contributed by atoms with van der Waals surface area (Å²) in [6.45, 7) is 0. The van der Waals surface area contributed by atoms with E-state index in [0.717, 1.165) is 16.5 Å². The molecule has 0 radical (unpaired) electrons. The molecule has 2 aliphatic carbocycles. The summed E-state index contributed by atoms with van der Waals surface area (Å²) in [5.41, 5.74) is 0.938. The second kappa shape index (κ2) is 6.18. The summed E-state index contributed by atoms with van der Waals surface area (Å²) in [6, 6.07) is 8.20. The van der Waals surface area contributed by atoms with Crippen LogP contribution in [0.1, 0.15) is 49.4 Å². The van der Waals surface area contributed by atoms with Crippen LogP contribution in [0.5, 0.6) is 0 Å². The molecule has 128 valence electrons. The Morgan fingerprint density at radius 2 is 2.08 bits per heavy atom. The Kier molecular flexibility index (Phi) is 3.82. The Balaban J connectivity index is 1.32. The first-order chi connectivity index (χ1) is 12.3. The van der Waals surface area contributed by atoms with Gasteiger partial charge in [0.2, 0.25) is 5.89 Å². The van der Waals surface area contributed by atoms with Crippen molar-refractivity contribution in [3.63, 3.8) is 0 Å². The quantitative estimate of drug-likeness (QED) is 0.564. The van der Waals surface area contributed by atoms with Crippen molar-refractivity contribution in [1.29, 1.82) is 0 Å². The minimum atomic E-state index is 0.597. The Morgan fingerprint density at radius 1 is 1.20 bits per heavy atom. The van der Waals surface area contributed by atoms with Crippen LogP contribution in [-0.2, 0) is 5.75 Å². The lowest BCUT2D eigenvalue weighted by molar-refractivity contribution is 0.529. The molecular formula is C18H17ClN4OS. The van der Waals surface area contributed by atoms with Gasteiger partial charge in [-0.2, -0.15) is 0 Å². The molecule has 5 nitrogen and oxygen atoms in total. The summed E-state index contributed by atoms with van der Waals surface area (Å²) in [4.78, 5) is 4.39. The van der Waals surface area contributed by atoms with E-state index in [4.69, 9.17) is 16.0 Å². The van der Waals surface area contributed by atoms with Crippen LogP contribution in [0.25, 0.3) is 11.3 Å². The van der Waals surface area contributed by atoms with Gasteiger partial charge in [0.15, 0.2) is 10.9 Å². The number of rotatable bonds is 6. The third-order valence-electron chi connectivity index (χ3n) is 4.53. The first kappa shape index (κ1) is 15.5. The van der Waals surface area contributed by atoms with Gasteiger partial charge >= 0.3 is 0 Å². The maximum Gasteiger partial charge on any atom is 0.205 e. The van der Waals surface area contributed by atoms with E-state index in [1.54, 1.807) is 18.0 Å². The molecule has 1 aromatic carbocycles. The van der Waals surface area contributed by atoms with E-state index in [2.05, 4.69) is 19.7 Å². The Bertz CT molecular complexity index is 913. The van der Waals surface area contributed by atoms with Crippen molar-refractivity contribution in [2.45, 2.75) is 48.6 Å². The fraction of sp³-hybridized carbons (Fsp3) is 0.389. The van der Waals surface area contributed by atoms with E-state index in [0.29, 0.717) is 28.6 Å². The summed E-state index contributed by atoms with van der Waals surface area (Å²) in [7, 11) is 0. The van der Waals surface area contributed by atoms with Gasteiger partial charge < -0.3 is 8.98 Å². The SMILES string of the molecule is Clc1cccc(-c2cnc(CSc3nnc(C4CC4)n3C3CC3)o2)c1. The van der Waals surface area contributed by atoms with Crippen molar-refractivity contribution in [2.75, 3.05) is 0 Å². The molecule has 0 amide bonds. The molecule has 0 N–H and O–H groups in total. The van der Waals surface area contributed by atoms with Gasteiger partial charge in [0.25, 0.3) is 0 Å². The predicted octanol–water partition coefficient (Wildman–Crippen LogP) is 5.09. The number of nitrogens with zero attached hydrogens (tertiary/aromatic N) is 4. The minimum absolute atomic E-state index is 0.597. The van der Waals surface area contributed by atoms with Crippen LogP contribution in [0.4, 0.5) is 0 Å². The number of aromatic nitrogens is 4. The zero-order valence-electron chi connectivity index (χ0n) is 13.6. The molecule has 3 aromatic rings. The van der Waals surface area contributed by atoms with E-state index in [9.17, 15) is 0 Å². The number of thioether (sulfide) groups is 1. The van der Waals surface area contributed by atoms with Crippen LogP contribution in [-0.4, -0.2) is 19.7 Å². The minimum Gasteiger partial charge on any atom is -0.440 e. The molecule has 2 aliphatic rings. The first-order valence-corrected chi connectivity index (χ1v) is 9.92. The van der Waals surface area contributed by atoms with Gasteiger partial charge in [-0.25, -0.2) is 4.98 Å². The van der Waals surface area contributed by atoms with Crippen LogP contribution in [0.2, 0.25) is 5.02 Å². The van der Waals surface area contributed by atoms with Gasteiger partial charge in [-0.05, 0) is 37.8 Å². The number of hydrogen-bond donors (Lipinski definition) is 0. The Morgan fingerprint density at radius 3 is 2.84 bits per heavy atom. The molecule has 2 saturated carbocycles. The highest BCUT2D eigenvalue weighted by Gasteiger charge is 2.36. The van der Waals surface area contributed by atoms with E-state index in [-0.39, 0.29) is 0 Å². The third kappa shape index (κ3) is 3.20. The highest BCUT2D eigenvalue weighted by Crippen LogP contribution is 2.46. The standard InChI is InChI=1S/C18H17ClN4OS/c19-13-3-1-2-12(8-13)15-9-20-16(24-15)10-25-18-22-21-17(11-4-5-11)23(18)14-6-7-14/h1-3,8-9,11,14H,4-7,10H2. The van der Waals surface area contributed by atoms with Crippen molar-refractivity contribution < 1.29 is 4.42 Å². The maximum atomic E-state index is 6.04. The maximum absolute atomic E-state index is 6.04. The van der Waals surface area contributed by atoms with Crippen molar-refractivity contribution >= 4 is 23.4 Å². The number of oxazole rings is 1. The van der Waals surface area contributed by atoms with Gasteiger partial charge in [0.1, 0.15) is 5.82 Å². The second-order valence-electron chi connectivity index (χ2n) is 6.63. The number of benzene rings is 1. The average Bonchev–Trinajstić information content (AvgIpc) is 3.55. The average molecular weight is 373 g/mol. The fourth-order valence-corrected chi connectivity index (χ4v) is 4.02. The number of hydrogen-bond acceptors (Lipinski definition) is 5. The Labute approximate surface area is 154 Å². The van der Waals surface area contributed by atoms with Crippen LogP contribution < -0.4 is 0 Å². The molecule has 25 heavy (non-hydrogen) atoms. The molecule has 0 unspecified atom stereocenters. The van der Waals surface area contributed by atoms with Gasteiger partial charge in [0, 0.05) is 22.5 Å². The van der Waals surface area contributed by atoms with E-state index < -0.39 is 0 Å². The molecule has 2 heterocycles. The highest BCUT2D eigenvalue weighted by molar-refractivity contribution is 7.98. The zero-order chi connectivity index (χ0) is 16.8. The van der Waals surface area contributed by atoms with Crippen LogP contribution in [0.3, 0.4) is 0 Å². The molecule has 0 atom stereocenters. The van der Waals surface area contributed by atoms with Gasteiger partial charge in [-0.3, -0.25) is 0 Å². The van der Waals surface area contributed by atoms with Gasteiger partial charge in [0.05, 0.1) is 11.9 Å². The van der Waals surface area contributed by atoms with Crippen molar-refractivity contribution in [1.82, 2.24) is 19.7 Å². The summed E-state index contributed by atoms with van der Waals surface area (Å²) in [5, 5.41) is 10.5. The molecule has 0 bridgehead atoms. The largest absolute Gasteiger partial charge is 0.440 e. The fourth-order valence-electron chi connectivity index (χ4n) is 2.96. The van der Waals surface area contributed by atoms with Crippen molar-refractivity contribution in [3.8, 4) is 11.3 Å². The monoisotopic (exact) mass is 372 g/mol.